The zero-order valence-corrected chi connectivity index (χ0v) is 45.9. The van der Waals surface area contributed by atoms with Gasteiger partial charge in [-0.15, -0.1) is 0 Å². The highest BCUT2D eigenvalue weighted by molar-refractivity contribution is 7.92. The van der Waals surface area contributed by atoms with Crippen molar-refractivity contribution >= 4 is 101 Å². The zero-order chi connectivity index (χ0) is 53.6. The molecule has 0 amide bonds. The second-order valence-corrected chi connectivity index (χ2v) is 25.2. The van der Waals surface area contributed by atoms with E-state index in [2.05, 4.69) is 71.2 Å². The van der Waals surface area contributed by atoms with Crippen molar-refractivity contribution in [3.63, 3.8) is 0 Å². The maximum absolute atomic E-state index is 12.8. The molecular weight excluding hydrogens is 1020 g/mol. The fourth-order valence-corrected chi connectivity index (χ4v) is 11.6. The lowest BCUT2D eigenvalue weighted by Gasteiger charge is -2.30. The molecular formula is C52H64Cl2N12O6S2. The highest BCUT2D eigenvalue weighted by atomic mass is 35.5. The summed E-state index contributed by atoms with van der Waals surface area (Å²) in [6.45, 7) is 14.4. The van der Waals surface area contributed by atoms with Crippen LogP contribution in [0.25, 0.3) is 0 Å². The summed E-state index contributed by atoms with van der Waals surface area (Å²) in [5.41, 5.74) is 13.1. The topological polar surface area (TPSA) is 244 Å². The Hall–Kier alpha value is -6.16. The van der Waals surface area contributed by atoms with E-state index in [-0.39, 0.29) is 48.1 Å². The molecule has 2 aromatic heterocycles. The standard InChI is InChI=1S/C26H31ClN6O4S.C26H33ClN6O2S/c1-16(2)38(36,37)24-8-6-5-7-21(24)29-25-20(27)15-28-26(31-25)30-22-14-23(33(34)35)19(13-17(22)3)18-9-11-32(4)12-10-18;1-16(2)36(34,35)24-8-6-5-7-22(24)30-25-20(27)15-29-26(32-25)31-23-14-21(28)19(13-17(23)3)18-9-11-33(4)12-10-18/h5-8,13-16,18H,9-12H2,1-4H3,(H2,28,29,30,31);5-8,13-16,18H,9-12,28H2,1-4H3,(H2,29,30,31,32). The third-order valence-corrected chi connectivity index (χ3v) is 18.4. The zero-order valence-electron chi connectivity index (χ0n) is 42.8. The van der Waals surface area contributed by atoms with Crippen LogP contribution in [0.15, 0.2) is 95.0 Å². The third-order valence-electron chi connectivity index (χ3n) is 13.4. The van der Waals surface area contributed by atoms with E-state index in [1.54, 1.807) is 70.2 Å². The molecule has 6 aromatic rings. The number of nitro benzene ring substituents is 1. The molecule has 0 bridgehead atoms. The van der Waals surface area contributed by atoms with Gasteiger partial charge in [0.25, 0.3) is 5.69 Å². The molecule has 2 saturated heterocycles. The van der Waals surface area contributed by atoms with Crippen LogP contribution < -0.4 is 27.0 Å². The van der Waals surface area contributed by atoms with Crippen LogP contribution in [0.1, 0.15) is 87.5 Å². The molecule has 74 heavy (non-hydrogen) atoms. The molecule has 2 aliphatic heterocycles. The fraction of sp³-hybridized carbons (Fsp3) is 0.385. The molecule has 4 heterocycles. The average molecular weight is 1090 g/mol. The minimum atomic E-state index is -3.57. The molecule has 2 aliphatic rings. The highest BCUT2D eigenvalue weighted by Crippen LogP contribution is 2.40. The van der Waals surface area contributed by atoms with E-state index in [9.17, 15) is 26.9 Å². The van der Waals surface area contributed by atoms with Crippen LogP contribution in [0.2, 0.25) is 10.0 Å². The van der Waals surface area contributed by atoms with Crippen molar-refractivity contribution in [3.05, 3.63) is 128 Å². The highest BCUT2D eigenvalue weighted by Gasteiger charge is 2.29. The van der Waals surface area contributed by atoms with Gasteiger partial charge in [-0.05, 0) is 172 Å². The molecule has 0 unspecified atom stereocenters. The number of benzene rings is 4. The first-order valence-corrected chi connectivity index (χ1v) is 28.2. The maximum atomic E-state index is 12.8. The SMILES string of the molecule is Cc1cc(C2CCN(C)CC2)c(N)cc1Nc1ncc(Cl)c(Nc2ccccc2S(=O)(=O)C(C)C)n1.Cc1cc(C2CCN(C)CC2)c([N+](=O)[O-])cc1Nc1ncc(Cl)c(Nc2ccccc2S(=O)(=O)C(C)C)n1. The molecule has 8 rings (SSSR count). The second kappa shape index (κ2) is 23.6. The number of para-hydroxylation sites is 2. The maximum Gasteiger partial charge on any atom is 0.274 e. The number of nitrogen functional groups attached to an aromatic ring is 1. The molecule has 4 aromatic carbocycles. The van der Waals surface area contributed by atoms with Crippen LogP contribution in [0, 0.1) is 24.0 Å². The number of anilines is 9. The lowest BCUT2D eigenvalue weighted by molar-refractivity contribution is -0.385. The Morgan fingerprint density at radius 3 is 1.43 bits per heavy atom. The number of halogens is 2. The van der Waals surface area contributed by atoms with Gasteiger partial charge in [0, 0.05) is 23.0 Å². The summed E-state index contributed by atoms with van der Waals surface area (Å²) < 4.78 is 51.3. The van der Waals surface area contributed by atoms with Crippen molar-refractivity contribution < 1.29 is 21.8 Å². The lowest BCUT2D eigenvalue weighted by atomic mass is 9.87. The van der Waals surface area contributed by atoms with Gasteiger partial charge in [0.2, 0.25) is 11.9 Å². The van der Waals surface area contributed by atoms with Gasteiger partial charge in [-0.2, -0.15) is 9.97 Å². The first kappa shape index (κ1) is 55.6. The van der Waals surface area contributed by atoms with Gasteiger partial charge in [-0.1, -0.05) is 53.5 Å². The van der Waals surface area contributed by atoms with Gasteiger partial charge in [-0.3, -0.25) is 10.1 Å². The van der Waals surface area contributed by atoms with Crippen molar-refractivity contribution in [2.75, 3.05) is 67.3 Å². The van der Waals surface area contributed by atoms with Gasteiger partial charge < -0.3 is 36.8 Å². The van der Waals surface area contributed by atoms with Crippen molar-refractivity contribution in [3.8, 4) is 0 Å². The summed E-state index contributed by atoms with van der Waals surface area (Å²) in [5, 5.41) is 23.6. The number of nitrogens with zero attached hydrogens (tertiary/aromatic N) is 7. The quantitative estimate of drug-likeness (QED) is 0.0365. The van der Waals surface area contributed by atoms with E-state index in [4.69, 9.17) is 28.9 Å². The van der Waals surface area contributed by atoms with E-state index in [1.807, 2.05) is 26.0 Å². The molecule has 6 N–H and O–H groups in total. The van der Waals surface area contributed by atoms with E-state index in [1.165, 1.54) is 30.1 Å². The number of rotatable bonds is 15. The van der Waals surface area contributed by atoms with Crippen LogP contribution in [0.4, 0.5) is 57.7 Å². The first-order chi connectivity index (χ1) is 35.0. The second-order valence-electron chi connectivity index (χ2n) is 19.4. The molecule has 0 radical (unpaired) electrons. The Morgan fingerprint density at radius 2 is 1.01 bits per heavy atom. The normalized spacial score (nSPS) is 15.1. The Balaban J connectivity index is 0.000000217. The van der Waals surface area contributed by atoms with Crippen molar-refractivity contribution in [1.29, 1.82) is 0 Å². The van der Waals surface area contributed by atoms with Crippen molar-refractivity contribution in [1.82, 2.24) is 29.7 Å². The van der Waals surface area contributed by atoms with Crippen LogP contribution in [0.5, 0.6) is 0 Å². The minimum absolute atomic E-state index is 0.0628. The number of likely N-dealkylation sites (tertiary alicyclic amines) is 2. The summed E-state index contributed by atoms with van der Waals surface area (Å²) in [6, 6.07) is 20.7. The van der Waals surface area contributed by atoms with E-state index in [0.717, 1.165) is 79.9 Å². The van der Waals surface area contributed by atoms with E-state index >= 15 is 0 Å². The van der Waals surface area contributed by atoms with Gasteiger partial charge in [0.1, 0.15) is 10.0 Å². The number of nitrogens with one attached hydrogen (secondary N) is 4. The molecule has 394 valence electrons. The molecule has 0 atom stereocenters. The molecule has 18 nitrogen and oxygen atoms in total. The van der Waals surface area contributed by atoms with Gasteiger partial charge in [-0.25, -0.2) is 26.8 Å². The predicted octanol–water partition coefficient (Wildman–Crippen LogP) is 11.3. The average Bonchev–Trinajstić information content (AvgIpc) is 3.36. The Labute approximate surface area is 443 Å². The molecule has 22 heteroatoms. The molecule has 0 saturated carbocycles. The first-order valence-electron chi connectivity index (χ1n) is 24.4. The fourth-order valence-electron chi connectivity index (χ4n) is 8.88. The summed E-state index contributed by atoms with van der Waals surface area (Å²) in [4.78, 5) is 34.0. The minimum Gasteiger partial charge on any atom is -0.398 e. The van der Waals surface area contributed by atoms with Crippen LogP contribution >= 0.6 is 23.2 Å². The largest absolute Gasteiger partial charge is 0.398 e. The Kier molecular flexibility index (Phi) is 17.7. The molecule has 2 fully saturated rings. The third kappa shape index (κ3) is 13.0. The number of hydrogen-bond donors (Lipinski definition) is 5. The summed E-state index contributed by atoms with van der Waals surface area (Å²) in [6.07, 6.45) is 6.78. The van der Waals surface area contributed by atoms with Crippen LogP contribution in [0.3, 0.4) is 0 Å². The number of sulfone groups is 2. The van der Waals surface area contributed by atoms with E-state index in [0.29, 0.717) is 34.7 Å². The Bertz CT molecular complexity index is 3240. The van der Waals surface area contributed by atoms with Crippen molar-refractivity contribution in [2.24, 2.45) is 0 Å². The summed E-state index contributed by atoms with van der Waals surface area (Å²) >= 11 is 12.7. The van der Waals surface area contributed by atoms with Gasteiger partial charge in [0.05, 0.1) is 54.7 Å². The van der Waals surface area contributed by atoms with E-state index < -0.39 is 30.2 Å². The lowest BCUT2D eigenvalue weighted by Crippen LogP contribution is -2.29. The Morgan fingerprint density at radius 1 is 0.622 bits per heavy atom. The number of aromatic nitrogens is 4. The summed E-state index contributed by atoms with van der Waals surface area (Å²) in [5.74, 6) is 1.56. The number of nitrogens with two attached hydrogens (primary N) is 1. The van der Waals surface area contributed by atoms with Gasteiger partial charge >= 0.3 is 0 Å². The predicted molar refractivity (Wildman–Crippen MR) is 297 cm³/mol. The van der Waals surface area contributed by atoms with Crippen LogP contribution in [-0.4, -0.2) is 102 Å². The smallest absolute Gasteiger partial charge is 0.274 e. The summed E-state index contributed by atoms with van der Waals surface area (Å²) in [7, 11) is -2.87. The van der Waals surface area contributed by atoms with Gasteiger partial charge in [0.15, 0.2) is 31.3 Å². The number of nitro groups is 1. The molecule has 0 spiro atoms. The number of piperidine rings is 2. The number of aryl methyl sites for hydroxylation is 2. The monoisotopic (exact) mass is 1090 g/mol. The van der Waals surface area contributed by atoms with Crippen molar-refractivity contribution in [2.45, 2.75) is 99.4 Å². The van der Waals surface area contributed by atoms with Crippen LogP contribution in [-0.2, 0) is 19.7 Å². The number of hydrogen-bond acceptors (Lipinski definition) is 17. The molecule has 0 aliphatic carbocycles.